The molecule has 3 nitrogen and oxygen atoms in total. The summed E-state index contributed by atoms with van der Waals surface area (Å²) in [6, 6.07) is 6.10. The lowest BCUT2D eigenvalue weighted by molar-refractivity contribution is 0.266. The molecule has 0 aromatic carbocycles. The van der Waals surface area contributed by atoms with Gasteiger partial charge in [0.2, 0.25) is 0 Å². The zero-order valence-corrected chi connectivity index (χ0v) is 10.5. The predicted octanol–water partition coefficient (Wildman–Crippen LogP) is 2.00. The summed E-state index contributed by atoms with van der Waals surface area (Å²) in [6.07, 6.45) is 7.29. The molecule has 2 heterocycles. The van der Waals surface area contributed by atoms with Crippen molar-refractivity contribution in [1.29, 1.82) is 0 Å². The SMILES string of the molecule is NCC(CN1CCCCCC1)c1ccccn1. The van der Waals surface area contributed by atoms with Crippen LogP contribution in [0.4, 0.5) is 0 Å². The fourth-order valence-electron chi connectivity index (χ4n) is 2.54. The summed E-state index contributed by atoms with van der Waals surface area (Å²) in [7, 11) is 0. The lowest BCUT2D eigenvalue weighted by Crippen LogP contribution is -2.32. The van der Waals surface area contributed by atoms with Gasteiger partial charge in [0.15, 0.2) is 0 Å². The largest absolute Gasteiger partial charge is 0.330 e. The molecule has 1 aliphatic rings. The molecule has 1 atom stereocenters. The van der Waals surface area contributed by atoms with Gasteiger partial charge in [-0.15, -0.1) is 0 Å². The average molecular weight is 233 g/mol. The van der Waals surface area contributed by atoms with Crippen molar-refractivity contribution in [1.82, 2.24) is 9.88 Å². The van der Waals surface area contributed by atoms with Gasteiger partial charge in [-0.1, -0.05) is 18.9 Å². The third kappa shape index (κ3) is 3.79. The Morgan fingerprint density at radius 1 is 1.18 bits per heavy atom. The fourth-order valence-corrected chi connectivity index (χ4v) is 2.54. The van der Waals surface area contributed by atoms with Crippen LogP contribution in [0.25, 0.3) is 0 Å². The minimum absolute atomic E-state index is 0.384. The molecule has 0 bridgehead atoms. The highest BCUT2D eigenvalue weighted by molar-refractivity contribution is 5.10. The molecule has 1 saturated heterocycles. The van der Waals surface area contributed by atoms with Crippen molar-refractivity contribution in [2.45, 2.75) is 31.6 Å². The summed E-state index contributed by atoms with van der Waals surface area (Å²) in [6.45, 7) is 4.20. The Balaban J connectivity index is 1.94. The maximum atomic E-state index is 5.89. The van der Waals surface area contributed by atoms with Gasteiger partial charge in [-0.25, -0.2) is 0 Å². The van der Waals surface area contributed by atoms with Crippen molar-refractivity contribution in [3.63, 3.8) is 0 Å². The number of aromatic nitrogens is 1. The number of nitrogens with two attached hydrogens (primary N) is 1. The Morgan fingerprint density at radius 3 is 2.53 bits per heavy atom. The molecule has 1 fully saturated rings. The van der Waals surface area contributed by atoms with Gasteiger partial charge in [-0.2, -0.15) is 0 Å². The number of likely N-dealkylation sites (tertiary alicyclic amines) is 1. The molecule has 0 saturated carbocycles. The van der Waals surface area contributed by atoms with Crippen molar-refractivity contribution in [2.75, 3.05) is 26.2 Å². The van der Waals surface area contributed by atoms with Gasteiger partial charge in [0.1, 0.15) is 0 Å². The van der Waals surface area contributed by atoms with E-state index in [1.165, 1.54) is 38.8 Å². The highest BCUT2D eigenvalue weighted by Crippen LogP contribution is 2.16. The summed E-state index contributed by atoms with van der Waals surface area (Å²) >= 11 is 0. The molecule has 0 spiro atoms. The van der Waals surface area contributed by atoms with Gasteiger partial charge in [-0.3, -0.25) is 4.98 Å². The Labute approximate surface area is 104 Å². The monoisotopic (exact) mass is 233 g/mol. The third-order valence-corrected chi connectivity index (χ3v) is 3.57. The van der Waals surface area contributed by atoms with Gasteiger partial charge in [0.25, 0.3) is 0 Å². The molecule has 3 heteroatoms. The normalized spacial score (nSPS) is 19.8. The molecular formula is C14H23N3. The van der Waals surface area contributed by atoms with E-state index in [0.29, 0.717) is 12.5 Å². The molecular weight excluding hydrogens is 210 g/mol. The van der Waals surface area contributed by atoms with Crippen LogP contribution in [-0.2, 0) is 0 Å². The predicted molar refractivity (Wildman–Crippen MR) is 70.9 cm³/mol. The van der Waals surface area contributed by atoms with E-state index in [4.69, 9.17) is 5.73 Å². The van der Waals surface area contributed by atoms with E-state index in [-0.39, 0.29) is 0 Å². The second-order valence-corrected chi connectivity index (χ2v) is 4.90. The van der Waals surface area contributed by atoms with E-state index in [9.17, 15) is 0 Å². The van der Waals surface area contributed by atoms with E-state index < -0.39 is 0 Å². The van der Waals surface area contributed by atoms with Crippen molar-refractivity contribution < 1.29 is 0 Å². The van der Waals surface area contributed by atoms with Crippen LogP contribution in [0, 0.1) is 0 Å². The zero-order valence-electron chi connectivity index (χ0n) is 10.5. The molecule has 0 amide bonds. The lowest BCUT2D eigenvalue weighted by Gasteiger charge is -2.25. The third-order valence-electron chi connectivity index (χ3n) is 3.57. The van der Waals surface area contributed by atoms with Crippen molar-refractivity contribution >= 4 is 0 Å². The van der Waals surface area contributed by atoms with E-state index in [2.05, 4.69) is 16.0 Å². The smallest absolute Gasteiger partial charge is 0.0459 e. The average Bonchev–Trinajstić information content (AvgIpc) is 2.65. The highest BCUT2D eigenvalue weighted by Gasteiger charge is 2.16. The van der Waals surface area contributed by atoms with Gasteiger partial charge in [0.05, 0.1) is 0 Å². The first-order valence-corrected chi connectivity index (χ1v) is 6.73. The van der Waals surface area contributed by atoms with Crippen molar-refractivity contribution in [2.24, 2.45) is 5.73 Å². The molecule has 1 aromatic heterocycles. The Kier molecular flexibility index (Phi) is 4.95. The van der Waals surface area contributed by atoms with Gasteiger partial charge >= 0.3 is 0 Å². The molecule has 2 rings (SSSR count). The fraction of sp³-hybridized carbons (Fsp3) is 0.643. The van der Waals surface area contributed by atoms with Crippen LogP contribution in [-0.4, -0.2) is 36.1 Å². The first-order valence-electron chi connectivity index (χ1n) is 6.73. The van der Waals surface area contributed by atoms with Crippen LogP contribution >= 0.6 is 0 Å². The standard InChI is InChI=1S/C14H23N3/c15-11-13(14-7-3-4-8-16-14)12-17-9-5-1-2-6-10-17/h3-4,7-8,13H,1-2,5-6,9-12,15H2. The minimum atomic E-state index is 0.384. The summed E-state index contributed by atoms with van der Waals surface area (Å²) in [5.41, 5.74) is 7.03. The maximum Gasteiger partial charge on any atom is 0.0459 e. The summed E-state index contributed by atoms with van der Waals surface area (Å²) in [5.74, 6) is 0.384. The van der Waals surface area contributed by atoms with E-state index >= 15 is 0 Å². The highest BCUT2D eigenvalue weighted by atomic mass is 15.1. The van der Waals surface area contributed by atoms with Crippen LogP contribution in [0.5, 0.6) is 0 Å². The van der Waals surface area contributed by atoms with Crippen molar-refractivity contribution in [3.8, 4) is 0 Å². The molecule has 1 aliphatic heterocycles. The minimum Gasteiger partial charge on any atom is -0.330 e. The van der Waals surface area contributed by atoms with E-state index in [1.807, 2.05) is 18.3 Å². The Bertz CT molecular complexity index is 305. The topological polar surface area (TPSA) is 42.1 Å². The Morgan fingerprint density at radius 2 is 1.94 bits per heavy atom. The van der Waals surface area contributed by atoms with Crippen LogP contribution < -0.4 is 5.73 Å². The van der Waals surface area contributed by atoms with Crippen LogP contribution in [0.15, 0.2) is 24.4 Å². The number of pyridine rings is 1. The van der Waals surface area contributed by atoms with Crippen LogP contribution in [0.3, 0.4) is 0 Å². The molecule has 1 aromatic rings. The molecule has 17 heavy (non-hydrogen) atoms. The van der Waals surface area contributed by atoms with Gasteiger partial charge in [0, 0.05) is 30.9 Å². The maximum absolute atomic E-state index is 5.89. The lowest BCUT2D eigenvalue weighted by atomic mass is 10.0. The summed E-state index contributed by atoms with van der Waals surface area (Å²) in [5, 5.41) is 0. The number of hydrogen-bond donors (Lipinski definition) is 1. The Hall–Kier alpha value is -0.930. The number of nitrogens with zero attached hydrogens (tertiary/aromatic N) is 2. The van der Waals surface area contributed by atoms with Crippen LogP contribution in [0.1, 0.15) is 37.3 Å². The van der Waals surface area contributed by atoms with Crippen LogP contribution in [0.2, 0.25) is 0 Å². The first-order chi connectivity index (χ1) is 8.40. The van der Waals surface area contributed by atoms with Gasteiger partial charge < -0.3 is 10.6 Å². The molecule has 1 unspecified atom stereocenters. The summed E-state index contributed by atoms with van der Waals surface area (Å²) in [4.78, 5) is 6.99. The second kappa shape index (κ2) is 6.72. The number of rotatable bonds is 4. The summed E-state index contributed by atoms with van der Waals surface area (Å²) < 4.78 is 0. The molecule has 0 aliphatic carbocycles. The number of hydrogen-bond acceptors (Lipinski definition) is 3. The quantitative estimate of drug-likeness (QED) is 0.865. The van der Waals surface area contributed by atoms with E-state index in [0.717, 1.165) is 12.2 Å². The van der Waals surface area contributed by atoms with Gasteiger partial charge in [-0.05, 0) is 38.1 Å². The van der Waals surface area contributed by atoms with Crippen molar-refractivity contribution in [3.05, 3.63) is 30.1 Å². The first kappa shape index (κ1) is 12.5. The zero-order chi connectivity index (χ0) is 11.9. The molecule has 94 valence electrons. The molecule has 0 radical (unpaired) electrons. The molecule has 2 N–H and O–H groups in total. The van der Waals surface area contributed by atoms with E-state index in [1.54, 1.807) is 0 Å². The second-order valence-electron chi connectivity index (χ2n) is 4.90.